The SMILES string of the molecule is CCCNCC(C)N1CCC2CCCCC21. The van der Waals surface area contributed by atoms with Crippen molar-refractivity contribution in [2.45, 2.75) is 64.5 Å². The molecule has 0 spiro atoms. The molecule has 2 fully saturated rings. The van der Waals surface area contributed by atoms with Gasteiger partial charge in [-0.05, 0) is 51.6 Å². The van der Waals surface area contributed by atoms with Crippen molar-refractivity contribution in [1.29, 1.82) is 0 Å². The van der Waals surface area contributed by atoms with Crippen molar-refractivity contribution in [3.8, 4) is 0 Å². The van der Waals surface area contributed by atoms with Crippen LogP contribution in [-0.4, -0.2) is 36.6 Å². The Morgan fingerprint density at radius 3 is 2.88 bits per heavy atom. The molecule has 0 radical (unpaired) electrons. The molecule has 0 aromatic carbocycles. The van der Waals surface area contributed by atoms with Gasteiger partial charge in [-0.2, -0.15) is 0 Å². The summed E-state index contributed by atoms with van der Waals surface area (Å²) >= 11 is 0. The first-order chi connectivity index (χ1) is 7.83. The number of rotatable bonds is 5. The maximum atomic E-state index is 3.57. The van der Waals surface area contributed by atoms with Crippen molar-refractivity contribution in [2.75, 3.05) is 19.6 Å². The van der Waals surface area contributed by atoms with Crippen molar-refractivity contribution in [1.82, 2.24) is 10.2 Å². The van der Waals surface area contributed by atoms with Crippen LogP contribution in [0.4, 0.5) is 0 Å². The number of nitrogens with zero attached hydrogens (tertiary/aromatic N) is 1. The lowest BCUT2D eigenvalue weighted by atomic mass is 9.85. The Kier molecular flexibility index (Phi) is 4.66. The van der Waals surface area contributed by atoms with Gasteiger partial charge in [0.25, 0.3) is 0 Å². The Bertz CT molecular complexity index is 205. The van der Waals surface area contributed by atoms with Gasteiger partial charge in [-0.1, -0.05) is 19.8 Å². The highest BCUT2D eigenvalue weighted by Gasteiger charge is 2.37. The number of hydrogen-bond donors (Lipinski definition) is 1. The molecule has 2 heteroatoms. The molecule has 0 bridgehead atoms. The van der Waals surface area contributed by atoms with Gasteiger partial charge in [0.2, 0.25) is 0 Å². The summed E-state index contributed by atoms with van der Waals surface area (Å²) in [4.78, 5) is 2.78. The van der Waals surface area contributed by atoms with Crippen LogP contribution in [0.2, 0.25) is 0 Å². The number of likely N-dealkylation sites (tertiary alicyclic amines) is 1. The zero-order valence-corrected chi connectivity index (χ0v) is 11.0. The Morgan fingerprint density at radius 2 is 2.06 bits per heavy atom. The molecule has 1 aliphatic carbocycles. The minimum absolute atomic E-state index is 0.736. The van der Waals surface area contributed by atoms with Gasteiger partial charge in [0, 0.05) is 18.6 Å². The first kappa shape index (κ1) is 12.4. The van der Waals surface area contributed by atoms with E-state index in [0.29, 0.717) is 0 Å². The average Bonchev–Trinajstić information content (AvgIpc) is 2.73. The van der Waals surface area contributed by atoms with Gasteiger partial charge in [-0.15, -0.1) is 0 Å². The summed E-state index contributed by atoms with van der Waals surface area (Å²) in [7, 11) is 0. The van der Waals surface area contributed by atoms with E-state index in [1.54, 1.807) is 0 Å². The lowest BCUT2D eigenvalue weighted by Crippen LogP contribution is -2.45. The number of hydrogen-bond acceptors (Lipinski definition) is 2. The highest BCUT2D eigenvalue weighted by molar-refractivity contribution is 4.92. The first-order valence-corrected chi connectivity index (χ1v) is 7.29. The predicted octanol–water partition coefficient (Wildman–Crippen LogP) is 2.64. The van der Waals surface area contributed by atoms with Gasteiger partial charge in [-0.25, -0.2) is 0 Å². The van der Waals surface area contributed by atoms with Crippen LogP contribution in [0.25, 0.3) is 0 Å². The van der Waals surface area contributed by atoms with Gasteiger partial charge in [0.1, 0.15) is 0 Å². The van der Waals surface area contributed by atoms with Crippen molar-refractivity contribution < 1.29 is 0 Å². The molecular weight excluding hydrogens is 196 g/mol. The van der Waals surface area contributed by atoms with E-state index >= 15 is 0 Å². The normalized spacial score (nSPS) is 32.6. The lowest BCUT2D eigenvalue weighted by molar-refractivity contribution is 0.139. The predicted molar refractivity (Wildman–Crippen MR) is 69.7 cm³/mol. The molecule has 94 valence electrons. The Morgan fingerprint density at radius 1 is 1.25 bits per heavy atom. The number of nitrogens with one attached hydrogen (secondary N) is 1. The molecule has 1 aliphatic heterocycles. The smallest absolute Gasteiger partial charge is 0.0195 e. The summed E-state index contributed by atoms with van der Waals surface area (Å²) in [5.41, 5.74) is 0. The van der Waals surface area contributed by atoms with Crippen LogP contribution in [-0.2, 0) is 0 Å². The fourth-order valence-corrected chi connectivity index (χ4v) is 3.59. The van der Waals surface area contributed by atoms with Crippen LogP contribution in [0.15, 0.2) is 0 Å². The minimum Gasteiger partial charge on any atom is -0.315 e. The van der Waals surface area contributed by atoms with Crippen LogP contribution in [0, 0.1) is 5.92 Å². The second-order valence-corrected chi connectivity index (χ2v) is 5.69. The van der Waals surface area contributed by atoms with E-state index in [1.165, 1.54) is 58.2 Å². The van der Waals surface area contributed by atoms with E-state index < -0.39 is 0 Å². The molecule has 3 unspecified atom stereocenters. The van der Waals surface area contributed by atoms with Crippen molar-refractivity contribution in [3.63, 3.8) is 0 Å². The average molecular weight is 224 g/mol. The topological polar surface area (TPSA) is 15.3 Å². The molecule has 2 aliphatic rings. The molecule has 1 heterocycles. The summed E-state index contributed by atoms with van der Waals surface area (Å²) in [6.07, 6.45) is 8.62. The third kappa shape index (κ3) is 2.78. The van der Waals surface area contributed by atoms with E-state index in [-0.39, 0.29) is 0 Å². The van der Waals surface area contributed by atoms with E-state index in [9.17, 15) is 0 Å². The maximum absolute atomic E-state index is 3.57. The van der Waals surface area contributed by atoms with E-state index in [0.717, 1.165) is 18.0 Å². The van der Waals surface area contributed by atoms with Crippen LogP contribution >= 0.6 is 0 Å². The van der Waals surface area contributed by atoms with Gasteiger partial charge in [0.05, 0.1) is 0 Å². The number of fused-ring (bicyclic) bond motifs is 1. The molecule has 1 N–H and O–H groups in total. The third-order valence-electron chi connectivity index (χ3n) is 4.49. The van der Waals surface area contributed by atoms with E-state index in [4.69, 9.17) is 0 Å². The van der Waals surface area contributed by atoms with Crippen LogP contribution < -0.4 is 5.32 Å². The van der Waals surface area contributed by atoms with Crippen LogP contribution in [0.1, 0.15) is 52.4 Å². The summed E-state index contributed by atoms with van der Waals surface area (Å²) in [5.74, 6) is 1.03. The molecular formula is C14H28N2. The monoisotopic (exact) mass is 224 g/mol. The highest BCUT2D eigenvalue weighted by atomic mass is 15.2. The van der Waals surface area contributed by atoms with Crippen molar-refractivity contribution in [2.24, 2.45) is 5.92 Å². The van der Waals surface area contributed by atoms with Gasteiger partial charge in [-0.3, -0.25) is 4.90 Å². The van der Waals surface area contributed by atoms with Crippen LogP contribution in [0.5, 0.6) is 0 Å². The molecule has 1 saturated carbocycles. The standard InChI is InChI=1S/C14H28N2/c1-3-9-15-11-12(2)16-10-8-13-6-4-5-7-14(13)16/h12-15H,3-11H2,1-2H3. The van der Waals surface area contributed by atoms with Crippen molar-refractivity contribution in [3.05, 3.63) is 0 Å². The summed E-state index contributed by atoms with van der Waals surface area (Å²) in [6.45, 7) is 8.35. The fraction of sp³-hybridized carbons (Fsp3) is 1.00. The van der Waals surface area contributed by atoms with Crippen molar-refractivity contribution >= 4 is 0 Å². The largest absolute Gasteiger partial charge is 0.315 e. The Balaban J connectivity index is 1.79. The van der Waals surface area contributed by atoms with Gasteiger partial charge < -0.3 is 5.32 Å². The molecule has 3 atom stereocenters. The first-order valence-electron chi connectivity index (χ1n) is 7.29. The zero-order valence-electron chi connectivity index (χ0n) is 11.0. The maximum Gasteiger partial charge on any atom is 0.0195 e. The summed E-state index contributed by atoms with van der Waals surface area (Å²) < 4.78 is 0. The lowest BCUT2D eigenvalue weighted by Gasteiger charge is -2.35. The molecule has 2 nitrogen and oxygen atoms in total. The van der Waals surface area contributed by atoms with Gasteiger partial charge >= 0.3 is 0 Å². The molecule has 0 amide bonds. The van der Waals surface area contributed by atoms with Crippen LogP contribution in [0.3, 0.4) is 0 Å². The van der Waals surface area contributed by atoms with E-state index in [1.807, 2.05) is 0 Å². The molecule has 2 rings (SSSR count). The minimum atomic E-state index is 0.736. The fourth-order valence-electron chi connectivity index (χ4n) is 3.59. The third-order valence-corrected chi connectivity index (χ3v) is 4.49. The second-order valence-electron chi connectivity index (χ2n) is 5.69. The Hall–Kier alpha value is -0.0800. The quantitative estimate of drug-likeness (QED) is 0.722. The van der Waals surface area contributed by atoms with E-state index in [2.05, 4.69) is 24.1 Å². The molecule has 16 heavy (non-hydrogen) atoms. The highest BCUT2D eigenvalue weighted by Crippen LogP contribution is 2.36. The molecule has 0 aromatic rings. The summed E-state index contributed by atoms with van der Waals surface area (Å²) in [5, 5.41) is 3.57. The molecule has 1 saturated heterocycles. The second kappa shape index (κ2) is 6.02. The van der Waals surface area contributed by atoms with Gasteiger partial charge in [0.15, 0.2) is 0 Å². The Labute approximate surface area is 101 Å². The molecule has 0 aromatic heterocycles. The summed E-state index contributed by atoms with van der Waals surface area (Å²) in [6, 6.07) is 1.66. The zero-order chi connectivity index (χ0) is 11.4.